The van der Waals surface area contributed by atoms with Gasteiger partial charge in [-0.05, 0) is 24.3 Å². The third-order valence-electron chi connectivity index (χ3n) is 2.55. The van der Waals surface area contributed by atoms with Crippen LogP contribution in [0.3, 0.4) is 0 Å². The summed E-state index contributed by atoms with van der Waals surface area (Å²) in [5.41, 5.74) is 6.62. The number of carbonyl (C=O) groups excluding carboxylic acids is 1. The maximum absolute atomic E-state index is 11.4. The third kappa shape index (κ3) is 2.39. The highest BCUT2D eigenvalue weighted by molar-refractivity contribution is 5.93. The number of benzene rings is 1. The normalized spacial score (nSPS) is 10.2. The van der Waals surface area contributed by atoms with Crippen LogP contribution in [-0.2, 0) is 0 Å². The number of anilines is 1. The Bertz CT molecular complexity index is 648. The quantitative estimate of drug-likeness (QED) is 0.696. The first-order valence-corrected chi connectivity index (χ1v) is 5.44. The molecule has 98 valence electrons. The molecule has 0 atom stereocenters. The summed E-state index contributed by atoms with van der Waals surface area (Å²) in [4.78, 5) is 22.6. The van der Waals surface area contributed by atoms with Gasteiger partial charge in [0.2, 0.25) is 0 Å². The van der Waals surface area contributed by atoms with E-state index in [1.807, 2.05) is 0 Å². The van der Waals surface area contributed by atoms with Gasteiger partial charge in [0, 0.05) is 18.9 Å². The number of rotatable bonds is 3. The molecule has 0 saturated carbocycles. The van der Waals surface area contributed by atoms with Crippen molar-refractivity contribution in [3.63, 3.8) is 0 Å². The van der Waals surface area contributed by atoms with Crippen LogP contribution in [0.25, 0.3) is 5.69 Å². The van der Waals surface area contributed by atoms with Gasteiger partial charge in [0.05, 0.1) is 11.3 Å². The number of carboxylic acids is 1. The molecule has 7 heteroatoms. The summed E-state index contributed by atoms with van der Waals surface area (Å²) < 4.78 is 1.31. The lowest BCUT2D eigenvalue weighted by Gasteiger charge is -2.07. The summed E-state index contributed by atoms with van der Waals surface area (Å²) in [6.07, 6.45) is 1.51. The van der Waals surface area contributed by atoms with Crippen molar-refractivity contribution in [3.05, 3.63) is 41.7 Å². The number of aromatic nitrogens is 2. The fourth-order valence-electron chi connectivity index (χ4n) is 1.63. The largest absolute Gasteiger partial charge is 0.478 e. The van der Waals surface area contributed by atoms with E-state index in [0.717, 1.165) is 0 Å². The van der Waals surface area contributed by atoms with Gasteiger partial charge in [-0.2, -0.15) is 5.10 Å². The molecular formula is C12H12N4O3. The number of nitrogen functional groups attached to an aromatic ring is 1. The predicted molar refractivity (Wildman–Crippen MR) is 68.3 cm³/mol. The summed E-state index contributed by atoms with van der Waals surface area (Å²) in [7, 11) is 1.49. The van der Waals surface area contributed by atoms with Crippen molar-refractivity contribution < 1.29 is 14.7 Å². The molecule has 1 heterocycles. The second-order valence-electron chi connectivity index (χ2n) is 3.81. The molecule has 0 radical (unpaired) electrons. The minimum absolute atomic E-state index is 0.0563. The monoisotopic (exact) mass is 260 g/mol. The van der Waals surface area contributed by atoms with Crippen LogP contribution in [0.15, 0.2) is 30.5 Å². The van der Waals surface area contributed by atoms with Crippen LogP contribution in [-0.4, -0.2) is 33.8 Å². The molecule has 1 aromatic heterocycles. The van der Waals surface area contributed by atoms with Gasteiger partial charge in [0.1, 0.15) is 0 Å². The Morgan fingerprint density at radius 2 is 2.11 bits per heavy atom. The highest BCUT2D eigenvalue weighted by atomic mass is 16.4. The van der Waals surface area contributed by atoms with E-state index in [9.17, 15) is 9.59 Å². The van der Waals surface area contributed by atoms with Crippen LogP contribution in [0.1, 0.15) is 20.8 Å². The second-order valence-corrected chi connectivity index (χ2v) is 3.81. The molecule has 0 aliphatic rings. The first kappa shape index (κ1) is 12.6. The van der Waals surface area contributed by atoms with E-state index in [0.29, 0.717) is 11.4 Å². The molecule has 7 nitrogen and oxygen atoms in total. The summed E-state index contributed by atoms with van der Waals surface area (Å²) in [6.45, 7) is 0. The molecule has 0 bridgehead atoms. The van der Waals surface area contributed by atoms with E-state index in [1.165, 1.54) is 42.2 Å². The first-order valence-electron chi connectivity index (χ1n) is 5.44. The Labute approximate surface area is 108 Å². The zero-order valence-electron chi connectivity index (χ0n) is 10.1. The van der Waals surface area contributed by atoms with Gasteiger partial charge in [-0.3, -0.25) is 4.79 Å². The van der Waals surface area contributed by atoms with E-state index >= 15 is 0 Å². The smallest absolute Gasteiger partial charge is 0.337 e. The third-order valence-corrected chi connectivity index (χ3v) is 2.55. The molecule has 4 N–H and O–H groups in total. The lowest BCUT2D eigenvalue weighted by molar-refractivity contribution is 0.0696. The van der Waals surface area contributed by atoms with Gasteiger partial charge in [-0.15, -0.1) is 0 Å². The number of carboxylic acid groups (broad SMARTS) is 1. The number of hydrogen-bond acceptors (Lipinski definition) is 4. The Morgan fingerprint density at radius 3 is 2.74 bits per heavy atom. The van der Waals surface area contributed by atoms with Crippen LogP contribution in [0.4, 0.5) is 5.69 Å². The number of nitrogens with one attached hydrogen (secondary N) is 1. The van der Waals surface area contributed by atoms with E-state index in [2.05, 4.69) is 10.4 Å². The average molecular weight is 260 g/mol. The van der Waals surface area contributed by atoms with E-state index < -0.39 is 5.97 Å². The zero-order valence-corrected chi connectivity index (χ0v) is 10.1. The van der Waals surface area contributed by atoms with Gasteiger partial charge in [-0.25, -0.2) is 9.48 Å². The number of nitrogens with zero attached hydrogens (tertiary/aromatic N) is 2. The molecular weight excluding hydrogens is 248 g/mol. The first-order chi connectivity index (χ1) is 9.02. The standard InChI is InChI=1S/C12H12N4O3/c1-14-11(17)9-4-5-16(15-9)10-6-7(13)2-3-8(10)12(18)19/h2-6H,13H2,1H3,(H,14,17)(H,18,19). The Kier molecular flexibility index (Phi) is 3.19. The molecule has 19 heavy (non-hydrogen) atoms. The highest BCUT2D eigenvalue weighted by Gasteiger charge is 2.14. The molecule has 0 aliphatic carbocycles. The lowest BCUT2D eigenvalue weighted by atomic mass is 10.1. The molecule has 0 saturated heterocycles. The molecule has 0 fully saturated rings. The van der Waals surface area contributed by atoms with Gasteiger partial charge >= 0.3 is 5.97 Å². The molecule has 2 aromatic rings. The van der Waals surface area contributed by atoms with E-state index in [-0.39, 0.29) is 17.2 Å². The number of nitrogens with two attached hydrogens (primary N) is 1. The van der Waals surface area contributed by atoms with E-state index in [1.54, 1.807) is 0 Å². The van der Waals surface area contributed by atoms with Crippen LogP contribution in [0, 0.1) is 0 Å². The van der Waals surface area contributed by atoms with Gasteiger partial charge in [0.15, 0.2) is 5.69 Å². The van der Waals surface area contributed by atoms with Crippen molar-refractivity contribution in [2.24, 2.45) is 0 Å². The van der Waals surface area contributed by atoms with Crippen LogP contribution in [0.2, 0.25) is 0 Å². The summed E-state index contributed by atoms with van der Waals surface area (Å²) in [6, 6.07) is 5.88. The van der Waals surface area contributed by atoms with Crippen molar-refractivity contribution >= 4 is 17.6 Å². The van der Waals surface area contributed by atoms with Gasteiger partial charge in [0.25, 0.3) is 5.91 Å². The number of aromatic carboxylic acids is 1. The Hall–Kier alpha value is -2.83. The minimum Gasteiger partial charge on any atom is -0.478 e. The molecule has 2 rings (SSSR count). The summed E-state index contributed by atoms with van der Waals surface area (Å²) in [5.74, 6) is -1.44. The molecule has 1 amide bonds. The number of carbonyl (C=O) groups is 2. The van der Waals surface area contributed by atoms with Gasteiger partial charge in [-0.1, -0.05) is 0 Å². The minimum atomic E-state index is -1.09. The fraction of sp³-hybridized carbons (Fsp3) is 0.0833. The second kappa shape index (κ2) is 4.81. The number of hydrogen-bond donors (Lipinski definition) is 3. The topological polar surface area (TPSA) is 110 Å². The van der Waals surface area contributed by atoms with Crippen molar-refractivity contribution in [1.82, 2.24) is 15.1 Å². The maximum Gasteiger partial charge on any atom is 0.337 e. The van der Waals surface area contributed by atoms with Crippen LogP contribution < -0.4 is 11.1 Å². The fourth-order valence-corrected chi connectivity index (χ4v) is 1.63. The molecule has 0 aliphatic heterocycles. The molecule has 1 aromatic carbocycles. The average Bonchev–Trinajstić information content (AvgIpc) is 2.86. The zero-order chi connectivity index (χ0) is 14.0. The van der Waals surface area contributed by atoms with Crippen molar-refractivity contribution in [2.45, 2.75) is 0 Å². The van der Waals surface area contributed by atoms with Gasteiger partial charge < -0.3 is 16.2 Å². The van der Waals surface area contributed by atoms with Crippen molar-refractivity contribution in [1.29, 1.82) is 0 Å². The maximum atomic E-state index is 11.4. The Morgan fingerprint density at radius 1 is 1.37 bits per heavy atom. The van der Waals surface area contributed by atoms with Crippen LogP contribution >= 0.6 is 0 Å². The predicted octanol–water partition coefficient (Wildman–Crippen LogP) is 0.512. The molecule has 0 spiro atoms. The van der Waals surface area contributed by atoms with E-state index in [4.69, 9.17) is 10.8 Å². The lowest BCUT2D eigenvalue weighted by Crippen LogP contribution is -2.18. The van der Waals surface area contributed by atoms with Crippen molar-refractivity contribution in [2.75, 3.05) is 12.8 Å². The Balaban J connectivity index is 2.52. The van der Waals surface area contributed by atoms with Crippen molar-refractivity contribution in [3.8, 4) is 5.69 Å². The highest BCUT2D eigenvalue weighted by Crippen LogP contribution is 2.18. The van der Waals surface area contributed by atoms with Crippen LogP contribution in [0.5, 0.6) is 0 Å². The summed E-state index contributed by atoms with van der Waals surface area (Å²) >= 11 is 0. The number of amides is 1. The molecule has 0 unspecified atom stereocenters. The summed E-state index contributed by atoms with van der Waals surface area (Å²) in [5, 5.41) is 15.6. The SMILES string of the molecule is CNC(=O)c1ccn(-c2cc(N)ccc2C(=O)O)n1.